The zero-order valence-electron chi connectivity index (χ0n) is 10.4. The van der Waals surface area contributed by atoms with Crippen molar-refractivity contribution in [3.63, 3.8) is 0 Å². The molecule has 0 aliphatic rings. The lowest BCUT2D eigenvalue weighted by molar-refractivity contribution is 0.0951. The first-order valence-electron chi connectivity index (χ1n) is 5.99. The van der Waals surface area contributed by atoms with Crippen molar-refractivity contribution in [2.24, 2.45) is 5.73 Å². The molecule has 0 saturated heterocycles. The van der Waals surface area contributed by atoms with E-state index in [4.69, 9.17) is 5.73 Å². The highest BCUT2D eigenvalue weighted by molar-refractivity contribution is 9.10. The molecule has 3 nitrogen and oxygen atoms in total. The number of nitrogens with one attached hydrogen (secondary N) is 1. The molecule has 2 aromatic rings. The van der Waals surface area contributed by atoms with E-state index in [0.29, 0.717) is 18.7 Å². The molecule has 0 aliphatic heterocycles. The third kappa shape index (κ3) is 4.16. The maximum Gasteiger partial charge on any atom is 0.251 e. The van der Waals surface area contributed by atoms with Crippen molar-refractivity contribution in [1.29, 1.82) is 0 Å². The van der Waals surface area contributed by atoms with Crippen LogP contribution in [0.1, 0.15) is 20.8 Å². The summed E-state index contributed by atoms with van der Waals surface area (Å²) in [7, 11) is 0. The van der Waals surface area contributed by atoms with E-state index in [1.165, 1.54) is 0 Å². The van der Waals surface area contributed by atoms with Crippen LogP contribution < -0.4 is 11.1 Å². The maximum absolute atomic E-state index is 12.0. The summed E-state index contributed by atoms with van der Waals surface area (Å²) >= 11 is 5.01. The van der Waals surface area contributed by atoms with Crippen LogP contribution in [0.3, 0.4) is 0 Å². The molecule has 1 heterocycles. The number of halogens is 1. The van der Waals surface area contributed by atoms with E-state index >= 15 is 0 Å². The van der Waals surface area contributed by atoms with Crippen LogP contribution >= 0.6 is 27.3 Å². The zero-order valence-corrected chi connectivity index (χ0v) is 12.8. The van der Waals surface area contributed by atoms with E-state index in [2.05, 4.69) is 21.2 Å². The lowest BCUT2D eigenvalue weighted by Crippen LogP contribution is -2.22. The van der Waals surface area contributed by atoms with Gasteiger partial charge in [0.05, 0.1) is 6.54 Å². The van der Waals surface area contributed by atoms with Gasteiger partial charge in [0.1, 0.15) is 0 Å². The molecule has 0 bridgehead atoms. The van der Waals surface area contributed by atoms with Crippen molar-refractivity contribution in [3.8, 4) is 0 Å². The SMILES string of the molecule is NCCc1ccc(C(=O)NCc2cc(Br)cs2)cc1. The fraction of sp³-hybridized carbons (Fsp3) is 0.214. The molecule has 1 aromatic carbocycles. The first-order valence-corrected chi connectivity index (χ1v) is 7.66. The van der Waals surface area contributed by atoms with E-state index in [0.717, 1.165) is 21.3 Å². The number of carbonyl (C=O) groups is 1. The lowest BCUT2D eigenvalue weighted by Gasteiger charge is -2.05. The fourth-order valence-electron chi connectivity index (χ4n) is 1.71. The van der Waals surface area contributed by atoms with Crippen molar-refractivity contribution >= 4 is 33.2 Å². The summed E-state index contributed by atoms with van der Waals surface area (Å²) in [6.07, 6.45) is 0.838. The minimum absolute atomic E-state index is 0.0520. The minimum Gasteiger partial charge on any atom is -0.347 e. The van der Waals surface area contributed by atoms with Gasteiger partial charge in [0.25, 0.3) is 5.91 Å². The van der Waals surface area contributed by atoms with Crippen LogP contribution in [0.15, 0.2) is 40.2 Å². The first-order chi connectivity index (χ1) is 9.19. The normalized spacial score (nSPS) is 10.4. The Bertz CT molecular complexity index is 551. The Morgan fingerprint density at radius 1 is 1.32 bits per heavy atom. The third-order valence-corrected chi connectivity index (χ3v) is 4.39. The van der Waals surface area contributed by atoms with Crippen LogP contribution in [-0.2, 0) is 13.0 Å². The minimum atomic E-state index is -0.0520. The molecule has 0 fully saturated rings. The second kappa shape index (κ2) is 6.84. The number of hydrogen-bond acceptors (Lipinski definition) is 3. The summed E-state index contributed by atoms with van der Waals surface area (Å²) in [5.41, 5.74) is 7.32. The van der Waals surface area contributed by atoms with E-state index in [1.807, 2.05) is 35.7 Å². The predicted octanol–water partition coefficient (Wildman–Crippen LogP) is 2.94. The summed E-state index contributed by atoms with van der Waals surface area (Å²) in [4.78, 5) is 13.1. The molecule has 0 spiro atoms. The van der Waals surface area contributed by atoms with Crippen molar-refractivity contribution in [2.45, 2.75) is 13.0 Å². The second-order valence-electron chi connectivity index (χ2n) is 4.15. The quantitative estimate of drug-likeness (QED) is 0.880. The fourth-order valence-corrected chi connectivity index (χ4v) is 3.10. The molecule has 1 amide bonds. The van der Waals surface area contributed by atoms with Crippen LogP contribution in [0.5, 0.6) is 0 Å². The Morgan fingerprint density at radius 2 is 2.05 bits per heavy atom. The van der Waals surface area contributed by atoms with Crippen LogP contribution in [0.4, 0.5) is 0 Å². The van der Waals surface area contributed by atoms with E-state index in [9.17, 15) is 4.79 Å². The molecule has 100 valence electrons. The Hall–Kier alpha value is -1.17. The Kier molecular flexibility index (Phi) is 5.13. The van der Waals surface area contributed by atoms with Gasteiger partial charge in [-0.3, -0.25) is 4.79 Å². The summed E-state index contributed by atoms with van der Waals surface area (Å²) in [5.74, 6) is -0.0520. The summed E-state index contributed by atoms with van der Waals surface area (Å²) < 4.78 is 1.05. The molecule has 0 unspecified atom stereocenters. The number of amides is 1. The standard InChI is InChI=1S/C14H15BrN2OS/c15-12-7-13(19-9-12)8-17-14(18)11-3-1-10(2-4-11)5-6-16/h1-4,7,9H,5-6,8,16H2,(H,17,18). The van der Waals surface area contributed by atoms with Crippen LogP contribution in [0.2, 0.25) is 0 Å². The number of thiophene rings is 1. The molecule has 0 aliphatic carbocycles. The average Bonchev–Trinajstić information content (AvgIpc) is 2.83. The number of nitrogens with two attached hydrogens (primary N) is 1. The summed E-state index contributed by atoms with van der Waals surface area (Å²) in [6, 6.07) is 9.58. The zero-order chi connectivity index (χ0) is 13.7. The number of hydrogen-bond donors (Lipinski definition) is 2. The molecule has 3 N–H and O–H groups in total. The van der Waals surface area contributed by atoms with Crippen LogP contribution in [-0.4, -0.2) is 12.5 Å². The Labute approximate surface area is 125 Å². The molecule has 5 heteroatoms. The number of benzene rings is 1. The molecular weight excluding hydrogens is 324 g/mol. The van der Waals surface area contributed by atoms with Crippen molar-refractivity contribution in [1.82, 2.24) is 5.32 Å². The molecule has 0 saturated carbocycles. The topological polar surface area (TPSA) is 55.1 Å². The van der Waals surface area contributed by atoms with Gasteiger partial charge < -0.3 is 11.1 Å². The Morgan fingerprint density at radius 3 is 2.63 bits per heavy atom. The van der Waals surface area contributed by atoms with Crippen LogP contribution in [0.25, 0.3) is 0 Å². The van der Waals surface area contributed by atoms with Gasteiger partial charge in [-0.2, -0.15) is 0 Å². The highest BCUT2D eigenvalue weighted by Gasteiger charge is 2.06. The summed E-state index contributed by atoms with van der Waals surface area (Å²) in [6.45, 7) is 1.18. The van der Waals surface area contributed by atoms with Crippen LogP contribution in [0, 0.1) is 0 Å². The van der Waals surface area contributed by atoms with Gasteiger partial charge in [0.15, 0.2) is 0 Å². The molecule has 19 heavy (non-hydrogen) atoms. The van der Waals surface area contributed by atoms with Gasteiger partial charge in [0, 0.05) is 20.3 Å². The average molecular weight is 339 g/mol. The second-order valence-corrected chi connectivity index (χ2v) is 6.06. The molecule has 0 atom stereocenters. The molecule has 0 radical (unpaired) electrons. The number of rotatable bonds is 5. The summed E-state index contributed by atoms with van der Waals surface area (Å²) in [5, 5.41) is 4.91. The predicted molar refractivity (Wildman–Crippen MR) is 82.4 cm³/mol. The smallest absolute Gasteiger partial charge is 0.251 e. The lowest BCUT2D eigenvalue weighted by atomic mass is 10.1. The monoisotopic (exact) mass is 338 g/mol. The largest absolute Gasteiger partial charge is 0.347 e. The molecule has 2 rings (SSSR count). The van der Waals surface area contributed by atoms with Gasteiger partial charge >= 0.3 is 0 Å². The van der Waals surface area contributed by atoms with Crippen molar-refractivity contribution < 1.29 is 4.79 Å². The van der Waals surface area contributed by atoms with Gasteiger partial charge in [-0.15, -0.1) is 11.3 Å². The van der Waals surface area contributed by atoms with Gasteiger partial charge in [-0.25, -0.2) is 0 Å². The first kappa shape index (κ1) is 14.2. The number of carbonyl (C=O) groups excluding carboxylic acids is 1. The highest BCUT2D eigenvalue weighted by Crippen LogP contribution is 2.19. The maximum atomic E-state index is 12.0. The van der Waals surface area contributed by atoms with E-state index in [-0.39, 0.29) is 5.91 Å². The van der Waals surface area contributed by atoms with Crippen molar-refractivity contribution in [2.75, 3.05) is 6.54 Å². The molecular formula is C14H15BrN2OS. The Balaban J connectivity index is 1.92. The van der Waals surface area contributed by atoms with E-state index < -0.39 is 0 Å². The van der Waals surface area contributed by atoms with E-state index in [1.54, 1.807) is 11.3 Å². The van der Waals surface area contributed by atoms with Gasteiger partial charge in [-0.1, -0.05) is 12.1 Å². The highest BCUT2D eigenvalue weighted by atomic mass is 79.9. The van der Waals surface area contributed by atoms with Gasteiger partial charge in [0.2, 0.25) is 0 Å². The van der Waals surface area contributed by atoms with Crippen molar-refractivity contribution in [3.05, 3.63) is 56.2 Å². The third-order valence-electron chi connectivity index (χ3n) is 2.69. The van der Waals surface area contributed by atoms with Gasteiger partial charge in [-0.05, 0) is 52.7 Å². The molecule has 1 aromatic heterocycles.